The quantitative estimate of drug-likeness (QED) is 0.820. The van der Waals surface area contributed by atoms with Crippen LogP contribution in [0.1, 0.15) is 18.4 Å². The molecule has 0 saturated heterocycles. The van der Waals surface area contributed by atoms with Gasteiger partial charge in [-0.05, 0) is 36.6 Å². The van der Waals surface area contributed by atoms with Gasteiger partial charge < -0.3 is 10.1 Å². The standard InChI is InChI=1S/C12H12N2O2/c13-6-5-12(15)14-10-3-4-11-9(8-10)2-1-7-16-11/h3-4,8H,1-2,5,7H2,(H,14,15). The maximum atomic E-state index is 11.2. The van der Waals surface area contributed by atoms with E-state index in [0.29, 0.717) is 0 Å². The molecule has 0 saturated carbocycles. The maximum absolute atomic E-state index is 11.2. The van der Waals surface area contributed by atoms with Crippen molar-refractivity contribution >= 4 is 11.6 Å². The molecule has 1 aromatic carbocycles. The van der Waals surface area contributed by atoms with Crippen LogP contribution in [0.5, 0.6) is 5.75 Å². The molecular weight excluding hydrogens is 204 g/mol. The molecule has 1 amide bonds. The number of carbonyl (C=O) groups excluding carboxylic acids is 1. The number of anilines is 1. The molecule has 0 radical (unpaired) electrons. The number of fused-ring (bicyclic) bond motifs is 1. The van der Waals surface area contributed by atoms with Gasteiger partial charge in [0.25, 0.3) is 0 Å². The van der Waals surface area contributed by atoms with E-state index in [1.54, 1.807) is 6.07 Å². The molecule has 4 nitrogen and oxygen atoms in total. The first-order valence-corrected chi connectivity index (χ1v) is 5.22. The Kier molecular flexibility index (Phi) is 3.06. The van der Waals surface area contributed by atoms with E-state index in [2.05, 4.69) is 5.32 Å². The van der Waals surface area contributed by atoms with Crippen molar-refractivity contribution < 1.29 is 9.53 Å². The molecule has 0 aromatic heterocycles. The number of hydrogen-bond acceptors (Lipinski definition) is 3. The largest absolute Gasteiger partial charge is 0.493 e. The predicted molar refractivity (Wildman–Crippen MR) is 59.1 cm³/mol. The summed E-state index contributed by atoms with van der Waals surface area (Å²) in [7, 11) is 0. The van der Waals surface area contributed by atoms with Crippen molar-refractivity contribution in [3.63, 3.8) is 0 Å². The number of hydrogen-bond donors (Lipinski definition) is 1. The summed E-state index contributed by atoms with van der Waals surface area (Å²) >= 11 is 0. The lowest BCUT2D eigenvalue weighted by molar-refractivity contribution is -0.115. The van der Waals surface area contributed by atoms with E-state index in [1.165, 1.54) is 0 Å². The summed E-state index contributed by atoms with van der Waals surface area (Å²) < 4.78 is 5.47. The normalized spacial score (nSPS) is 13.2. The van der Waals surface area contributed by atoms with Crippen LogP contribution in [0.15, 0.2) is 18.2 Å². The van der Waals surface area contributed by atoms with Crippen LogP contribution in [0, 0.1) is 11.3 Å². The summed E-state index contributed by atoms with van der Waals surface area (Å²) in [5.41, 5.74) is 1.84. The van der Waals surface area contributed by atoms with Crippen molar-refractivity contribution in [2.75, 3.05) is 11.9 Å². The maximum Gasteiger partial charge on any atom is 0.238 e. The first-order valence-electron chi connectivity index (χ1n) is 5.22. The summed E-state index contributed by atoms with van der Waals surface area (Å²) in [5, 5.41) is 11.1. The van der Waals surface area contributed by atoms with Crippen LogP contribution < -0.4 is 10.1 Å². The topological polar surface area (TPSA) is 62.1 Å². The zero-order valence-electron chi connectivity index (χ0n) is 8.82. The zero-order chi connectivity index (χ0) is 11.4. The van der Waals surface area contributed by atoms with Gasteiger partial charge in [0, 0.05) is 5.69 Å². The highest BCUT2D eigenvalue weighted by molar-refractivity contribution is 5.92. The van der Waals surface area contributed by atoms with Crippen molar-refractivity contribution in [3.8, 4) is 11.8 Å². The Morgan fingerprint density at radius 1 is 1.56 bits per heavy atom. The molecule has 0 aliphatic carbocycles. The van der Waals surface area contributed by atoms with Gasteiger partial charge in [0.05, 0.1) is 12.7 Å². The van der Waals surface area contributed by atoms with Gasteiger partial charge >= 0.3 is 0 Å². The average Bonchev–Trinajstić information content (AvgIpc) is 2.29. The number of nitrogens with one attached hydrogen (secondary N) is 1. The number of ether oxygens (including phenoxy) is 1. The van der Waals surface area contributed by atoms with Gasteiger partial charge in [0.15, 0.2) is 0 Å². The van der Waals surface area contributed by atoms with Crippen molar-refractivity contribution in [2.45, 2.75) is 19.3 Å². The van der Waals surface area contributed by atoms with E-state index >= 15 is 0 Å². The monoisotopic (exact) mass is 216 g/mol. The molecule has 1 aliphatic rings. The van der Waals surface area contributed by atoms with E-state index < -0.39 is 0 Å². The first-order chi connectivity index (χ1) is 7.79. The summed E-state index contributed by atoms with van der Waals surface area (Å²) in [6.07, 6.45) is 1.85. The van der Waals surface area contributed by atoms with Crippen LogP contribution in [0.25, 0.3) is 0 Å². The summed E-state index contributed by atoms with van der Waals surface area (Å²) in [6.45, 7) is 0.757. The Bertz CT molecular complexity index is 449. The number of carbonyl (C=O) groups is 1. The second-order valence-corrected chi connectivity index (χ2v) is 3.66. The molecule has 16 heavy (non-hydrogen) atoms. The fourth-order valence-corrected chi connectivity index (χ4v) is 1.72. The van der Waals surface area contributed by atoms with Crippen LogP contribution in [-0.4, -0.2) is 12.5 Å². The average molecular weight is 216 g/mol. The van der Waals surface area contributed by atoms with Crippen LogP contribution >= 0.6 is 0 Å². The fourth-order valence-electron chi connectivity index (χ4n) is 1.72. The minimum absolute atomic E-state index is 0.117. The number of amides is 1. The van der Waals surface area contributed by atoms with Crippen molar-refractivity contribution in [1.29, 1.82) is 5.26 Å². The molecule has 4 heteroatoms. The number of aryl methyl sites for hydroxylation is 1. The Balaban J connectivity index is 2.12. The molecule has 2 rings (SSSR count). The lowest BCUT2D eigenvalue weighted by Crippen LogP contribution is -2.12. The summed E-state index contributed by atoms with van der Waals surface area (Å²) in [5.74, 6) is 0.615. The second kappa shape index (κ2) is 4.67. The van der Waals surface area contributed by atoms with Crippen molar-refractivity contribution in [2.24, 2.45) is 0 Å². The molecule has 1 aliphatic heterocycles. The van der Waals surface area contributed by atoms with Gasteiger partial charge in [0.1, 0.15) is 12.2 Å². The van der Waals surface area contributed by atoms with E-state index in [0.717, 1.165) is 36.4 Å². The molecule has 1 aromatic rings. The molecule has 82 valence electrons. The molecular formula is C12H12N2O2. The number of nitriles is 1. The van der Waals surface area contributed by atoms with E-state index in [-0.39, 0.29) is 12.3 Å². The predicted octanol–water partition coefficient (Wildman–Crippen LogP) is 1.86. The van der Waals surface area contributed by atoms with Crippen molar-refractivity contribution in [3.05, 3.63) is 23.8 Å². The molecule has 0 bridgehead atoms. The Morgan fingerprint density at radius 2 is 2.44 bits per heavy atom. The highest BCUT2D eigenvalue weighted by Gasteiger charge is 2.11. The van der Waals surface area contributed by atoms with Gasteiger partial charge in [-0.1, -0.05) is 0 Å². The van der Waals surface area contributed by atoms with Gasteiger partial charge in [-0.25, -0.2) is 0 Å². The SMILES string of the molecule is N#CCC(=O)Nc1ccc2c(c1)CCCO2. The molecule has 0 atom stereocenters. The second-order valence-electron chi connectivity index (χ2n) is 3.66. The first kappa shape index (κ1) is 10.5. The molecule has 1 N–H and O–H groups in total. The van der Waals surface area contributed by atoms with Crippen LogP contribution in [0.2, 0.25) is 0 Å². The summed E-state index contributed by atoms with van der Waals surface area (Å²) in [6, 6.07) is 7.37. The van der Waals surface area contributed by atoms with Gasteiger partial charge in [0.2, 0.25) is 5.91 Å². The Labute approximate surface area is 93.8 Å². The highest BCUT2D eigenvalue weighted by Crippen LogP contribution is 2.27. The summed E-state index contributed by atoms with van der Waals surface area (Å²) in [4.78, 5) is 11.2. The van der Waals surface area contributed by atoms with Crippen LogP contribution in [-0.2, 0) is 11.2 Å². The Morgan fingerprint density at radius 3 is 3.25 bits per heavy atom. The zero-order valence-corrected chi connectivity index (χ0v) is 8.82. The van der Waals surface area contributed by atoms with Gasteiger partial charge in [-0.3, -0.25) is 4.79 Å². The van der Waals surface area contributed by atoms with E-state index in [4.69, 9.17) is 10.00 Å². The van der Waals surface area contributed by atoms with E-state index in [1.807, 2.05) is 18.2 Å². The minimum Gasteiger partial charge on any atom is -0.493 e. The minimum atomic E-state index is -0.279. The van der Waals surface area contributed by atoms with Gasteiger partial charge in [-0.2, -0.15) is 5.26 Å². The molecule has 1 heterocycles. The molecule has 0 fully saturated rings. The van der Waals surface area contributed by atoms with Crippen molar-refractivity contribution in [1.82, 2.24) is 0 Å². The lowest BCUT2D eigenvalue weighted by atomic mass is 10.1. The van der Waals surface area contributed by atoms with Crippen LogP contribution in [0.3, 0.4) is 0 Å². The van der Waals surface area contributed by atoms with Crippen LogP contribution in [0.4, 0.5) is 5.69 Å². The highest BCUT2D eigenvalue weighted by atomic mass is 16.5. The third-order valence-corrected chi connectivity index (χ3v) is 2.43. The fraction of sp³-hybridized carbons (Fsp3) is 0.333. The Hall–Kier alpha value is -2.02. The third kappa shape index (κ3) is 2.31. The van der Waals surface area contributed by atoms with E-state index in [9.17, 15) is 4.79 Å². The smallest absolute Gasteiger partial charge is 0.238 e. The lowest BCUT2D eigenvalue weighted by Gasteiger charge is -2.17. The number of rotatable bonds is 2. The number of benzene rings is 1. The van der Waals surface area contributed by atoms with Gasteiger partial charge in [-0.15, -0.1) is 0 Å². The third-order valence-electron chi connectivity index (χ3n) is 2.43. The molecule has 0 spiro atoms. The molecule has 0 unspecified atom stereocenters. The number of nitrogens with zero attached hydrogens (tertiary/aromatic N) is 1.